The van der Waals surface area contributed by atoms with E-state index in [1.54, 1.807) is 6.08 Å². The number of benzene rings is 1. The average molecular weight is 253 g/mol. The Morgan fingerprint density at radius 1 is 1.37 bits per heavy atom. The zero-order valence-electron chi connectivity index (χ0n) is 11.9. The molecule has 1 rings (SSSR count). The number of nitrogens with one attached hydrogen (secondary N) is 1. The summed E-state index contributed by atoms with van der Waals surface area (Å²) in [6.45, 7) is 12.8. The molecule has 1 N–H and O–H groups in total. The van der Waals surface area contributed by atoms with E-state index in [1.807, 2.05) is 19.1 Å². The average Bonchev–Trinajstić information content (AvgIpc) is 2.45. The Kier molecular flexibility index (Phi) is 6.45. The lowest BCUT2D eigenvalue weighted by molar-refractivity contribution is 0.977. The molecule has 0 heterocycles. The van der Waals surface area contributed by atoms with E-state index in [2.05, 4.69) is 55.7 Å². The van der Waals surface area contributed by atoms with Crippen molar-refractivity contribution in [3.63, 3.8) is 0 Å². The fraction of sp³-hybridized carbons (Fsp3) is 0.222. The molecule has 0 spiro atoms. The highest BCUT2D eigenvalue weighted by Crippen LogP contribution is 2.13. The molecule has 19 heavy (non-hydrogen) atoms. The van der Waals surface area contributed by atoms with E-state index in [0.29, 0.717) is 0 Å². The molecule has 100 valence electrons. The van der Waals surface area contributed by atoms with Crippen LogP contribution in [0, 0.1) is 0 Å². The van der Waals surface area contributed by atoms with Crippen molar-refractivity contribution in [2.24, 2.45) is 0 Å². The molecule has 0 radical (unpaired) electrons. The number of hydrogen-bond acceptors (Lipinski definition) is 1. The molecule has 0 saturated carbocycles. The molecule has 1 heteroatoms. The third-order valence-corrected chi connectivity index (χ3v) is 2.90. The molecule has 0 aliphatic heterocycles. The third kappa shape index (κ3) is 5.01. The van der Waals surface area contributed by atoms with Crippen molar-refractivity contribution >= 4 is 5.70 Å². The first-order valence-electron chi connectivity index (χ1n) is 6.67. The molecule has 1 aromatic carbocycles. The first-order chi connectivity index (χ1) is 9.21. The Hall–Kier alpha value is -2.02. The van der Waals surface area contributed by atoms with Gasteiger partial charge in [0.2, 0.25) is 0 Å². The van der Waals surface area contributed by atoms with Gasteiger partial charge in [0.15, 0.2) is 0 Å². The van der Waals surface area contributed by atoms with Gasteiger partial charge in [-0.05, 0) is 36.1 Å². The lowest BCUT2D eigenvalue weighted by Gasteiger charge is -2.11. The number of aryl methyl sites for hydroxylation is 1. The number of allylic oxidation sites excluding steroid dienone is 3. The van der Waals surface area contributed by atoms with E-state index >= 15 is 0 Å². The van der Waals surface area contributed by atoms with Gasteiger partial charge in [0, 0.05) is 12.2 Å². The summed E-state index contributed by atoms with van der Waals surface area (Å²) in [4.78, 5) is 0. The summed E-state index contributed by atoms with van der Waals surface area (Å²) in [5, 5.41) is 3.36. The zero-order chi connectivity index (χ0) is 14.1. The Morgan fingerprint density at radius 2 is 2.16 bits per heavy atom. The smallest absolute Gasteiger partial charge is 0.0400 e. The maximum atomic E-state index is 4.10. The Morgan fingerprint density at radius 3 is 2.79 bits per heavy atom. The Bertz CT molecular complexity index is 492. The second kappa shape index (κ2) is 8.15. The highest BCUT2D eigenvalue weighted by atomic mass is 14.9. The summed E-state index contributed by atoms with van der Waals surface area (Å²) in [7, 11) is 0. The largest absolute Gasteiger partial charge is 0.381 e. The van der Waals surface area contributed by atoms with E-state index in [4.69, 9.17) is 0 Å². The van der Waals surface area contributed by atoms with Crippen LogP contribution < -0.4 is 5.32 Å². The molecule has 0 bridgehead atoms. The minimum absolute atomic E-state index is 0.756. The van der Waals surface area contributed by atoms with E-state index in [0.717, 1.165) is 24.2 Å². The van der Waals surface area contributed by atoms with Gasteiger partial charge in [-0.1, -0.05) is 62.6 Å². The summed E-state index contributed by atoms with van der Waals surface area (Å²) >= 11 is 0. The Balaban J connectivity index is 2.68. The molecule has 0 aromatic heterocycles. The summed E-state index contributed by atoms with van der Waals surface area (Å²) in [6.07, 6.45) is 8.95. The zero-order valence-corrected chi connectivity index (χ0v) is 11.9. The van der Waals surface area contributed by atoms with Gasteiger partial charge in [0.1, 0.15) is 0 Å². The highest BCUT2D eigenvalue weighted by molar-refractivity contribution is 5.62. The molecule has 0 atom stereocenters. The molecule has 0 saturated heterocycles. The SMILES string of the molecule is C=C/C=C(\C=C/C)CNC(=C)c1cccc(CC)c1. The normalized spacial score (nSPS) is 11.6. The van der Waals surface area contributed by atoms with Crippen LogP contribution in [0.25, 0.3) is 5.70 Å². The second-order valence-corrected chi connectivity index (χ2v) is 4.36. The highest BCUT2D eigenvalue weighted by Gasteiger charge is 2.00. The van der Waals surface area contributed by atoms with Gasteiger partial charge in [-0.25, -0.2) is 0 Å². The van der Waals surface area contributed by atoms with Crippen molar-refractivity contribution in [1.82, 2.24) is 5.32 Å². The van der Waals surface area contributed by atoms with Crippen LogP contribution in [-0.4, -0.2) is 6.54 Å². The van der Waals surface area contributed by atoms with Crippen molar-refractivity contribution in [3.8, 4) is 0 Å². The summed E-state index contributed by atoms with van der Waals surface area (Å²) in [5.74, 6) is 0. The lowest BCUT2D eigenvalue weighted by atomic mass is 10.1. The summed E-state index contributed by atoms with van der Waals surface area (Å²) in [5.41, 5.74) is 4.62. The standard InChI is InChI=1S/C18H23N/c1-5-9-17(10-6-2)14-19-15(4)18-12-8-11-16(7-3)13-18/h5-6,8-13,19H,1,4,7,14H2,2-3H3/b10-6-,17-9+. The first-order valence-corrected chi connectivity index (χ1v) is 6.67. The Labute approximate surface area is 117 Å². The quantitative estimate of drug-likeness (QED) is 0.706. The molecule has 1 aromatic rings. The van der Waals surface area contributed by atoms with Crippen LogP contribution in [0.2, 0.25) is 0 Å². The molecular formula is C18H23N. The van der Waals surface area contributed by atoms with Gasteiger partial charge in [-0.2, -0.15) is 0 Å². The maximum Gasteiger partial charge on any atom is 0.0400 e. The number of rotatable bonds is 7. The lowest BCUT2D eigenvalue weighted by Crippen LogP contribution is -2.14. The first kappa shape index (κ1) is 15.0. The molecule has 0 aliphatic carbocycles. The van der Waals surface area contributed by atoms with Crippen molar-refractivity contribution in [1.29, 1.82) is 0 Å². The molecule has 0 aliphatic rings. The van der Waals surface area contributed by atoms with Crippen LogP contribution in [-0.2, 0) is 6.42 Å². The van der Waals surface area contributed by atoms with Gasteiger partial charge >= 0.3 is 0 Å². The molecule has 1 nitrogen and oxygen atoms in total. The fourth-order valence-electron chi connectivity index (χ4n) is 1.83. The van der Waals surface area contributed by atoms with Gasteiger partial charge in [-0.15, -0.1) is 0 Å². The van der Waals surface area contributed by atoms with Crippen LogP contribution in [0.15, 0.2) is 67.3 Å². The summed E-state index contributed by atoms with van der Waals surface area (Å²) < 4.78 is 0. The van der Waals surface area contributed by atoms with E-state index < -0.39 is 0 Å². The minimum atomic E-state index is 0.756. The van der Waals surface area contributed by atoms with Crippen LogP contribution in [0.5, 0.6) is 0 Å². The van der Waals surface area contributed by atoms with Crippen molar-refractivity contribution < 1.29 is 0 Å². The van der Waals surface area contributed by atoms with Gasteiger partial charge in [0.25, 0.3) is 0 Å². The monoisotopic (exact) mass is 253 g/mol. The van der Waals surface area contributed by atoms with Crippen LogP contribution in [0.4, 0.5) is 0 Å². The minimum Gasteiger partial charge on any atom is -0.381 e. The van der Waals surface area contributed by atoms with Crippen molar-refractivity contribution in [2.45, 2.75) is 20.3 Å². The van der Waals surface area contributed by atoms with Crippen LogP contribution in [0.3, 0.4) is 0 Å². The van der Waals surface area contributed by atoms with Crippen molar-refractivity contribution in [3.05, 3.63) is 78.4 Å². The maximum absolute atomic E-state index is 4.10. The van der Waals surface area contributed by atoms with E-state index in [-0.39, 0.29) is 0 Å². The van der Waals surface area contributed by atoms with Gasteiger partial charge in [-0.3, -0.25) is 0 Å². The van der Waals surface area contributed by atoms with Crippen molar-refractivity contribution in [2.75, 3.05) is 6.54 Å². The molecular weight excluding hydrogens is 230 g/mol. The predicted molar refractivity (Wildman–Crippen MR) is 86.0 cm³/mol. The van der Waals surface area contributed by atoms with Crippen LogP contribution >= 0.6 is 0 Å². The number of hydrogen-bond donors (Lipinski definition) is 1. The second-order valence-electron chi connectivity index (χ2n) is 4.36. The third-order valence-electron chi connectivity index (χ3n) is 2.90. The van der Waals surface area contributed by atoms with Gasteiger partial charge < -0.3 is 5.32 Å². The van der Waals surface area contributed by atoms with E-state index in [1.165, 1.54) is 11.1 Å². The van der Waals surface area contributed by atoms with Gasteiger partial charge in [0.05, 0.1) is 0 Å². The van der Waals surface area contributed by atoms with Crippen LogP contribution in [0.1, 0.15) is 25.0 Å². The molecule has 0 amide bonds. The molecule has 0 fully saturated rings. The van der Waals surface area contributed by atoms with E-state index in [9.17, 15) is 0 Å². The predicted octanol–water partition coefficient (Wildman–Crippen LogP) is 4.50. The topological polar surface area (TPSA) is 12.0 Å². The summed E-state index contributed by atoms with van der Waals surface area (Å²) in [6, 6.07) is 8.48. The fourth-order valence-corrected chi connectivity index (χ4v) is 1.83. The molecule has 0 unspecified atom stereocenters.